The number of ether oxygens (including phenoxy) is 1. The summed E-state index contributed by atoms with van der Waals surface area (Å²) < 4.78 is 5.12. The summed E-state index contributed by atoms with van der Waals surface area (Å²) in [5, 5.41) is 12.6. The number of thiazole rings is 1. The van der Waals surface area contributed by atoms with Crippen LogP contribution in [0.2, 0.25) is 0 Å². The van der Waals surface area contributed by atoms with Crippen molar-refractivity contribution >= 4 is 34.8 Å². The average molecular weight is 544 g/mol. The van der Waals surface area contributed by atoms with E-state index in [1.807, 2.05) is 35.2 Å². The third-order valence-corrected chi connectivity index (χ3v) is 7.84. The van der Waals surface area contributed by atoms with Gasteiger partial charge in [0.05, 0.1) is 17.8 Å². The molecule has 2 amide bonds. The molecule has 0 spiro atoms. The molecule has 10 heteroatoms. The molecule has 5 rings (SSSR count). The summed E-state index contributed by atoms with van der Waals surface area (Å²) in [6, 6.07) is 18.5. The summed E-state index contributed by atoms with van der Waals surface area (Å²) in [4.78, 5) is 44.3. The van der Waals surface area contributed by atoms with Gasteiger partial charge in [-0.3, -0.25) is 19.5 Å². The summed E-state index contributed by atoms with van der Waals surface area (Å²) in [6.07, 6.45) is 1.91. The zero-order valence-corrected chi connectivity index (χ0v) is 22.4. The number of methoxy groups -OCH3 is 1. The molecule has 3 heterocycles. The molecule has 0 saturated carbocycles. The van der Waals surface area contributed by atoms with E-state index >= 15 is 0 Å². The second-order valence-electron chi connectivity index (χ2n) is 9.36. The van der Waals surface area contributed by atoms with Crippen LogP contribution < -0.4 is 10.1 Å². The van der Waals surface area contributed by atoms with Crippen LogP contribution >= 0.6 is 11.3 Å². The van der Waals surface area contributed by atoms with Gasteiger partial charge in [0.25, 0.3) is 5.91 Å². The minimum atomic E-state index is -0.308. The number of aromatic amines is 1. The predicted octanol–water partition coefficient (Wildman–Crippen LogP) is 5.16. The van der Waals surface area contributed by atoms with Gasteiger partial charge in [-0.25, -0.2) is 4.98 Å². The quantitative estimate of drug-likeness (QED) is 0.282. The largest absolute Gasteiger partial charge is 0.497 e. The van der Waals surface area contributed by atoms with Crippen molar-refractivity contribution in [3.8, 4) is 17.0 Å². The Labute approximate surface area is 230 Å². The Kier molecular flexibility index (Phi) is 8.12. The highest BCUT2D eigenvalue weighted by atomic mass is 32.1. The van der Waals surface area contributed by atoms with Crippen molar-refractivity contribution in [3.05, 3.63) is 82.3 Å². The summed E-state index contributed by atoms with van der Waals surface area (Å²) in [5.74, 6) is 0.942. The highest BCUT2D eigenvalue weighted by molar-refractivity contribution is 7.10. The topological polar surface area (TPSA) is 117 Å². The van der Waals surface area contributed by atoms with Crippen LogP contribution in [0.15, 0.2) is 66.0 Å². The molecule has 2 aromatic heterocycles. The number of likely N-dealkylation sites (tertiary alicyclic amines) is 1. The lowest BCUT2D eigenvalue weighted by molar-refractivity contribution is -0.132. The maximum atomic E-state index is 12.8. The van der Waals surface area contributed by atoms with Gasteiger partial charge in [-0.05, 0) is 42.7 Å². The molecule has 2 N–H and O–H groups in total. The van der Waals surface area contributed by atoms with Crippen molar-refractivity contribution in [2.75, 3.05) is 25.5 Å². The number of ketones is 1. The Bertz CT molecular complexity index is 1440. The Balaban J connectivity index is 1.09. The Hall–Kier alpha value is -4.31. The molecule has 1 saturated heterocycles. The third kappa shape index (κ3) is 6.40. The van der Waals surface area contributed by atoms with Crippen molar-refractivity contribution in [2.45, 2.75) is 31.6 Å². The highest BCUT2D eigenvalue weighted by Crippen LogP contribution is 2.31. The van der Waals surface area contributed by atoms with E-state index in [0.717, 1.165) is 29.1 Å². The molecular weight excluding hydrogens is 514 g/mol. The van der Waals surface area contributed by atoms with Gasteiger partial charge < -0.3 is 15.0 Å². The number of H-pyrrole nitrogens is 1. The van der Waals surface area contributed by atoms with E-state index in [-0.39, 0.29) is 36.4 Å². The lowest BCUT2D eigenvalue weighted by Gasteiger charge is -2.31. The second-order valence-corrected chi connectivity index (χ2v) is 10.3. The number of nitrogens with zero attached hydrogens (tertiary/aromatic N) is 3. The van der Waals surface area contributed by atoms with E-state index in [1.54, 1.807) is 42.8 Å². The monoisotopic (exact) mass is 543 g/mol. The van der Waals surface area contributed by atoms with Crippen molar-refractivity contribution in [2.24, 2.45) is 0 Å². The summed E-state index contributed by atoms with van der Waals surface area (Å²) >= 11 is 1.46. The van der Waals surface area contributed by atoms with Crippen molar-refractivity contribution in [1.82, 2.24) is 20.1 Å². The number of hydrogen-bond acceptors (Lipinski definition) is 7. The molecule has 0 bridgehead atoms. The van der Waals surface area contributed by atoms with Gasteiger partial charge in [0.15, 0.2) is 11.6 Å². The predicted molar refractivity (Wildman–Crippen MR) is 149 cm³/mol. The van der Waals surface area contributed by atoms with Crippen molar-refractivity contribution in [3.63, 3.8) is 0 Å². The summed E-state index contributed by atoms with van der Waals surface area (Å²) in [6.45, 7) is 1.22. The fourth-order valence-electron chi connectivity index (χ4n) is 4.59. The normalized spacial score (nSPS) is 13.7. The standard InChI is InChI=1S/C29H29N5O4S/c1-38-22-9-7-20(8-10-22)25(35)11-12-27(36)34-15-13-21(14-16-34)29-30-24(18-39-29)28(37)31-26-17-23(32-33-26)19-5-3-2-4-6-19/h2-10,17-18,21H,11-16H2,1H3,(H2,31,32,33,37). The van der Waals surface area contributed by atoms with Crippen LogP contribution in [0.3, 0.4) is 0 Å². The minimum absolute atomic E-state index is 0.0107. The van der Waals surface area contributed by atoms with Gasteiger partial charge in [-0.15, -0.1) is 11.3 Å². The molecule has 1 aliphatic heterocycles. The first-order valence-electron chi connectivity index (χ1n) is 12.8. The van der Waals surface area contributed by atoms with Crippen LogP contribution in [0.1, 0.15) is 57.5 Å². The van der Waals surface area contributed by atoms with Crippen LogP contribution in [0.25, 0.3) is 11.3 Å². The molecular formula is C29H29N5O4S. The smallest absolute Gasteiger partial charge is 0.276 e. The number of carbonyl (C=O) groups excluding carboxylic acids is 3. The average Bonchev–Trinajstić information content (AvgIpc) is 3.67. The summed E-state index contributed by atoms with van der Waals surface area (Å²) in [5.41, 5.74) is 2.73. The maximum absolute atomic E-state index is 12.8. The fourth-order valence-corrected chi connectivity index (χ4v) is 5.56. The van der Waals surface area contributed by atoms with Gasteiger partial charge in [0.2, 0.25) is 5.91 Å². The molecule has 39 heavy (non-hydrogen) atoms. The van der Waals surface area contributed by atoms with Crippen LogP contribution in [-0.4, -0.2) is 57.9 Å². The molecule has 1 aliphatic rings. The maximum Gasteiger partial charge on any atom is 0.276 e. The van der Waals surface area contributed by atoms with Crippen LogP contribution in [0.4, 0.5) is 5.82 Å². The Morgan fingerprint density at radius 3 is 2.51 bits per heavy atom. The summed E-state index contributed by atoms with van der Waals surface area (Å²) in [7, 11) is 1.58. The molecule has 9 nitrogen and oxygen atoms in total. The highest BCUT2D eigenvalue weighted by Gasteiger charge is 2.27. The Morgan fingerprint density at radius 2 is 1.79 bits per heavy atom. The zero-order chi connectivity index (χ0) is 27.2. The van der Waals surface area contributed by atoms with Gasteiger partial charge in [0, 0.05) is 48.9 Å². The van der Waals surface area contributed by atoms with Gasteiger partial charge in [0.1, 0.15) is 11.4 Å². The number of Topliss-reactive ketones (excluding diaryl/α,β-unsaturated/α-hetero) is 1. The van der Waals surface area contributed by atoms with Gasteiger partial charge in [-0.2, -0.15) is 5.10 Å². The van der Waals surface area contributed by atoms with Crippen LogP contribution in [0.5, 0.6) is 5.75 Å². The fraction of sp³-hybridized carbons (Fsp3) is 0.276. The van der Waals surface area contributed by atoms with E-state index in [1.165, 1.54) is 11.3 Å². The number of carbonyl (C=O) groups is 3. The lowest BCUT2D eigenvalue weighted by Crippen LogP contribution is -2.38. The molecule has 200 valence electrons. The molecule has 0 radical (unpaired) electrons. The Morgan fingerprint density at radius 1 is 1.05 bits per heavy atom. The first-order valence-corrected chi connectivity index (χ1v) is 13.7. The molecule has 0 atom stereocenters. The molecule has 4 aromatic rings. The third-order valence-electron chi connectivity index (χ3n) is 6.83. The van der Waals surface area contributed by atoms with E-state index < -0.39 is 0 Å². The van der Waals surface area contributed by atoms with E-state index in [0.29, 0.717) is 35.9 Å². The van der Waals surface area contributed by atoms with Gasteiger partial charge >= 0.3 is 0 Å². The van der Waals surface area contributed by atoms with Crippen molar-refractivity contribution in [1.29, 1.82) is 0 Å². The number of anilines is 1. The first kappa shape index (κ1) is 26.3. The number of piperidine rings is 1. The van der Waals surface area contributed by atoms with Gasteiger partial charge in [-0.1, -0.05) is 30.3 Å². The number of aromatic nitrogens is 3. The number of nitrogens with one attached hydrogen (secondary N) is 2. The molecule has 0 aliphatic carbocycles. The molecule has 2 aromatic carbocycles. The SMILES string of the molecule is COc1ccc(C(=O)CCC(=O)N2CCC(c3nc(C(=O)Nc4cc(-c5ccccc5)[nH]n4)cs3)CC2)cc1. The second kappa shape index (κ2) is 12.0. The van der Waals surface area contributed by atoms with Crippen LogP contribution in [0, 0.1) is 0 Å². The lowest BCUT2D eigenvalue weighted by atomic mass is 9.97. The van der Waals surface area contributed by atoms with E-state index in [9.17, 15) is 14.4 Å². The van der Waals surface area contributed by atoms with Crippen LogP contribution in [-0.2, 0) is 4.79 Å². The first-order chi connectivity index (χ1) is 19.0. The van der Waals surface area contributed by atoms with E-state index in [2.05, 4.69) is 20.5 Å². The van der Waals surface area contributed by atoms with Crippen molar-refractivity contribution < 1.29 is 19.1 Å². The van der Waals surface area contributed by atoms with E-state index in [4.69, 9.17) is 4.74 Å². The number of hydrogen-bond donors (Lipinski definition) is 2. The zero-order valence-electron chi connectivity index (χ0n) is 21.6. The number of amides is 2. The number of benzene rings is 2. The number of rotatable bonds is 9. The molecule has 1 fully saturated rings. The minimum Gasteiger partial charge on any atom is -0.497 e. The molecule has 0 unspecified atom stereocenters.